The zero-order chi connectivity index (χ0) is 14.6. The van der Waals surface area contributed by atoms with Crippen LogP contribution in [-0.2, 0) is 4.79 Å². The van der Waals surface area contributed by atoms with Crippen molar-refractivity contribution in [3.63, 3.8) is 0 Å². The zero-order valence-electron chi connectivity index (χ0n) is 11.2. The van der Waals surface area contributed by atoms with Gasteiger partial charge in [0.05, 0.1) is 5.56 Å². The topological polar surface area (TPSA) is 112 Å². The van der Waals surface area contributed by atoms with Gasteiger partial charge in [0.1, 0.15) is 17.3 Å². The Morgan fingerprint density at radius 1 is 1.30 bits per heavy atom. The first-order valence-electron chi connectivity index (χ1n) is 6.78. The lowest BCUT2D eigenvalue weighted by Crippen LogP contribution is -2.57. The number of H-pyrrole nitrogens is 1. The normalized spacial score (nSPS) is 17.8. The van der Waals surface area contributed by atoms with Crippen LogP contribution in [0.25, 0.3) is 0 Å². The van der Waals surface area contributed by atoms with Crippen LogP contribution in [0.4, 0.5) is 0 Å². The average molecular weight is 274 g/mol. The molecule has 6 nitrogen and oxygen atoms in total. The molecule has 1 aliphatic rings. The molecular formula is C14H18N4O2. The molecule has 0 unspecified atom stereocenters. The Morgan fingerprint density at radius 2 is 1.95 bits per heavy atom. The van der Waals surface area contributed by atoms with Crippen molar-refractivity contribution in [1.82, 2.24) is 10.3 Å². The number of carbonyl (C=O) groups is 2. The molecule has 1 aromatic heterocycles. The van der Waals surface area contributed by atoms with Gasteiger partial charge in [0, 0.05) is 6.20 Å². The Labute approximate surface area is 117 Å². The Morgan fingerprint density at radius 3 is 2.45 bits per heavy atom. The molecule has 20 heavy (non-hydrogen) atoms. The third-order valence-corrected chi connectivity index (χ3v) is 3.84. The van der Waals surface area contributed by atoms with Gasteiger partial charge in [0.2, 0.25) is 5.91 Å². The van der Waals surface area contributed by atoms with Gasteiger partial charge in [-0.25, -0.2) is 0 Å². The van der Waals surface area contributed by atoms with Crippen LogP contribution in [-0.4, -0.2) is 22.3 Å². The van der Waals surface area contributed by atoms with Crippen molar-refractivity contribution in [2.75, 3.05) is 0 Å². The van der Waals surface area contributed by atoms with Crippen molar-refractivity contribution in [2.24, 2.45) is 5.73 Å². The largest absolute Gasteiger partial charge is 0.368 e. The maximum absolute atomic E-state index is 12.2. The van der Waals surface area contributed by atoms with E-state index in [-0.39, 0.29) is 5.69 Å². The van der Waals surface area contributed by atoms with Crippen LogP contribution in [0.15, 0.2) is 12.3 Å². The molecule has 0 aliphatic heterocycles. The number of nitrogens with zero attached hydrogens (tertiary/aromatic N) is 1. The van der Waals surface area contributed by atoms with Crippen LogP contribution in [0.3, 0.4) is 0 Å². The fourth-order valence-corrected chi connectivity index (χ4v) is 2.64. The van der Waals surface area contributed by atoms with E-state index in [1.165, 1.54) is 12.3 Å². The van der Waals surface area contributed by atoms with Gasteiger partial charge < -0.3 is 16.0 Å². The van der Waals surface area contributed by atoms with Gasteiger partial charge in [-0.2, -0.15) is 5.26 Å². The summed E-state index contributed by atoms with van der Waals surface area (Å²) in [6, 6.07) is 3.40. The summed E-state index contributed by atoms with van der Waals surface area (Å²) >= 11 is 0. The molecule has 0 bridgehead atoms. The van der Waals surface area contributed by atoms with E-state index in [4.69, 9.17) is 11.0 Å². The number of amides is 2. The minimum Gasteiger partial charge on any atom is -0.368 e. The van der Waals surface area contributed by atoms with Crippen LogP contribution in [0.1, 0.15) is 54.6 Å². The maximum Gasteiger partial charge on any atom is 0.268 e. The molecule has 1 heterocycles. The van der Waals surface area contributed by atoms with Crippen LogP contribution in [0.5, 0.6) is 0 Å². The number of carbonyl (C=O) groups excluding carboxylic acids is 2. The summed E-state index contributed by atoms with van der Waals surface area (Å²) in [7, 11) is 0. The maximum atomic E-state index is 12.2. The summed E-state index contributed by atoms with van der Waals surface area (Å²) in [6.45, 7) is 0. The summed E-state index contributed by atoms with van der Waals surface area (Å²) < 4.78 is 0. The molecule has 6 heteroatoms. The first-order valence-corrected chi connectivity index (χ1v) is 6.78. The summed E-state index contributed by atoms with van der Waals surface area (Å²) in [5, 5.41) is 11.5. The number of nitrogens with one attached hydrogen (secondary N) is 2. The molecule has 0 spiro atoms. The highest BCUT2D eigenvalue weighted by Crippen LogP contribution is 2.27. The highest BCUT2D eigenvalue weighted by atomic mass is 16.2. The second-order valence-electron chi connectivity index (χ2n) is 5.23. The van der Waals surface area contributed by atoms with Crippen molar-refractivity contribution >= 4 is 11.8 Å². The number of aromatic nitrogens is 1. The van der Waals surface area contributed by atoms with Crippen molar-refractivity contribution in [1.29, 1.82) is 5.26 Å². The minimum absolute atomic E-state index is 0.270. The number of aromatic amines is 1. The Balaban J connectivity index is 2.17. The van der Waals surface area contributed by atoms with E-state index in [1.54, 1.807) is 0 Å². The highest BCUT2D eigenvalue weighted by Gasteiger charge is 2.38. The number of nitrogens with two attached hydrogens (primary N) is 1. The molecule has 0 aromatic carbocycles. The Hall–Kier alpha value is -2.29. The third-order valence-electron chi connectivity index (χ3n) is 3.84. The second-order valence-corrected chi connectivity index (χ2v) is 5.23. The van der Waals surface area contributed by atoms with Crippen LogP contribution in [0.2, 0.25) is 0 Å². The average Bonchev–Trinajstić information content (AvgIpc) is 2.79. The van der Waals surface area contributed by atoms with E-state index < -0.39 is 17.4 Å². The number of hydrogen-bond acceptors (Lipinski definition) is 3. The summed E-state index contributed by atoms with van der Waals surface area (Å²) in [6.07, 6.45) is 6.44. The van der Waals surface area contributed by atoms with Gasteiger partial charge in [-0.1, -0.05) is 25.7 Å². The first-order chi connectivity index (χ1) is 9.57. The van der Waals surface area contributed by atoms with E-state index in [2.05, 4.69) is 10.3 Å². The standard InChI is InChI=1S/C14H18N4O2/c15-8-10-7-11(17-9-10)12(19)18-14(13(16)20)5-3-1-2-4-6-14/h7,9,17H,1-6H2,(H2,16,20)(H,18,19). The second kappa shape index (κ2) is 5.78. The molecule has 1 saturated carbocycles. The summed E-state index contributed by atoms with van der Waals surface area (Å²) in [5.74, 6) is -0.882. The molecule has 4 N–H and O–H groups in total. The van der Waals surface area contributed by atoms with Crippen LogP contribution >= 0.6 is 0 Å². The molecule has 0 saturated heterocycles. The molecule has 1 aromatic rings. The van der Waals surface area contributed by atoms with E-state index in [0.29, 0.717) is 18.4 Å². The number of hydrogen-bond donors (Lipinski definition) is 3. The molecular weight excluding hydrogens is 256 g/mol. The lowest BCUT2D eigenvalue weighted by atomic mass is 9.89. The summed E-state index contributed by atoms with van der Waals surface area (Å²) in [5.41, 5.74) is 5.20. The first kappa shape index (κ1) is 14.1. The van der Waals surface area contributed by atoms with Gasteiger partial charge in [0.25, 0.3) is 5.91 Å². The predicted molar refractivity (Wildman–Crippen MR) is 72.6 cm³/mol. The van der Waals surface area contributed by atoms with Gasteiger partial charge in [-0.3, -0.25) is 9.59 Å². The molecule has 2 rings (SSSR count). The van der Waals surface area contributed by atoms with Crippen molar-refractivity contribution in [2.45, 2.75) is 44.1 Å². The predicted octanol–water partition coefficient (Wildman–Crippen LogP) is 1.19. The van der Waals surface area contributed by atoms with Crippen molar-refractivity contribution < 1.29 is 9.59 Å². The monoisotopic (exact) mass is 274 g/mol. The molecule has 2 amide bonds. The number of nitriles is 1. The number of rotatable bonds is 3. The van der Waals surface area contributed by atoms with Gasteiger partial charge in [-0.15, -0.1) is 0 Å². The molecule has 1 fully saturated rings. The Bertz CT molecular complexity index is 548. The van der Waals surface area contributed by atoms with Crippen molar-refractivity contribution in [3.05, 3.63) is 23.5 Å². The van der Waals surface area contributed by atoms with E-state index >= 15 is 0 Å². The fraction of sp³-hybridized carbons (Fsp3) is 0.500. The van der Waals surface area contributed by atoms with Gasteiger partial charge >= 0.3 is 0 Å². The Kier molecular flexibility index (Phi) is 4.08. The van der Waals surface area contributed by atoms with E-state index in [9.17, 15) is 9.59 Å². The molecule has 0 radical (unpaired) electrons. The SMILES string of the molecule is N#Cc1c[nH]c(C(=O)NC2(C(N)=O)CCCCCC2)c1. The third kappa shape index (κ3) is 2.82. The van der Waals surface area contributed by atoms with Crippen LogP contribution < -0.4 is 11.1 Å². The smallest absolute Gasteiger partial charge is 0.268 e. The lowest BCUT2D eigenvalue weighted by molar-refractivity contribution is -0.124. The molecule has 106 valence electrons. The van der Waals surface area contributed by atoms with Gasteiger partial charge in [-0.05, 0) is 18.9 Å². The van der Waals surface area contributed by atoms with Crippen molar-refractivity contribution in [3.8, 4) is 6.07 Å². The fourth-order valence-electron chi connectivity index (χ4n) is 2.64. The quantitative estimate of drug-likeness (QED) is 0.720. The highest BCUT2D eigenvalue weighted by molar-refractivity contribution is 5.98. The molecule has 0 atom stereocenters. The minimum atomic E-state index is -0.967. The lowest BCUT2D eigenvalue weighted by Gasteiger charge is -2.30. The van der Waals surface area contributed by atoms with Gasteiger partial charge in [0.15, 0.2) is 0 Å². The summed E-state index contributed by atoms with van der Waals surface area (Å²) in [4.78, 5) is 26.7. The zero-order valence-corrected chi connectivity index (χ0v) is 11.2. The molecule has 1 aliphatic carbocycles. The number of primary amides is 1. The van der Waals surface area contributed by atoms with E-state index in [1.807, 2.05) is 6.07 Å². The van der Waals surface area contributed by atoms with E-state index in [0.717, 1.165) is 25.7 Å². The van der Waals surface area contributed by atoms with Crippen LogP contribution in [0, 0.1) is 11.3 Å².